The molecule has 1 saturated heterocycles. The van der Waals surface area contributed by atoms with Gasteiger partial charge in [-0.25, -0.2) is 0 Å². The molecule has 1 aliphatic rings. The van der Waals surface area contributed by atoms with E-state index in [2.05, 4.69) is 10.3 Å². The quantitative estimate of drug-likeness (QED) is 0.684. The zero-order valence-corrected chi connectivity index (χ0v) is 9.47. The number of carbonyl (C=O) groups is 2. The van der Waals surface area contributed by atoms with E-state index in [9.17, 15) is 14.4 Å². The Morgan fingerprint density at radius 3 is 2.81 bits per heavy atom. The molecule has 2 heterocycles. The van der Waals surface area contributed by atoms with Crippen molar-refractivity contribution >= 4 is 23.2 Å². The molecule has 6 nitrogen and oxygen atoms in total. The van der Waals surface area contributed by atoms with Crippen molar-refractivity contribution < 1.29 is 9.59 Å². The van der Waals surface area contributed by atoms with Gasteiger partial charge in [-0.15, -0.1) is 0 Å². The number of amides is 2. The van der Waals surface area contributed by atoms with Gasteiger partial charge < -0.3 is 4.98 Å². The van der Waals surface area contributed by atoms with E-state index in [0.29, 0.717) is 6.54 Å². The summed E-state index contributed by atoms with van der Waals surface area (Å²) in [7, 11) is 1.47. The van der Waals surface area contributed by atoms with E-state index in [1.807, 2.05) is 0 Å². The van der Waals surface area contributed by atoms with Gasteiger partial charge in [0.25, 0.3) is 0 Å². The zero-order valence-electron chi connectivity index (χ0n) is 8.65. The molecule has 0 aromatic carbocycles. The van der Waals surface area contributed by atoms with Crippen LogP contribution in [0.3, 0.4) is 0 Å². The third-order valence-corrected chi connectivity index (χ3v) is 3.21. The maximum Gasteiger partial charge on any atom is 0.304 e. The molecule has 1 fully saturated rings. The maximum absolute atomic E-state index is 11.5. The Morgan fingerprint density at radius 2 is 2.31 bits per heavy atom. The van der Waals surface area contributed by atoms with Gasteiger partial charge in [-0.2, -0.15) is 0 Å². The molecule has 0 saturated carbocycles. The molecule has 2 amide bonds. The number of hydrogen-bond acceptors (Lipinski definition) is 5. The lowest BCUT2D eigenvalue weighted by molar-refractivity contribution is -0.137. The lowest BCUT2D eigenvalue weighted by Crippen LogP contribution is -2.36. The van der Waals surface area contributed by atoms with Gasteiger partial charge in [0.2, 0.25) is 11.8 Å². The molecule has 2 N–H and O–H groups in total. The van der Waals surface area contributed by atoms with Crippen LogP contribution in [0, 0.1) is 0 Å². The van der Waals surface area contributed by atoms with Crippen LogP contribution < -0.4 is 10.2 Å². The van der Waals surface area contributed by atoms with Crippen molar-refractivity contribution in [3.8, 4) is 0 Å². The minimum atomic E-state index is -0.471. The molecule has 0 bridgehead atoms. The molecule has 1 aromatic rings. The molecule has 86 valence electrons. The number of hydrogen-bond donors (Lipinski definition) is 2. The summed E-state index contributed by atoms with van der Waals surface area (Å²) >= 11 is 1.08. The van der Waals surface area contributed by atoms with Crippen molar-refractivity contribution in [1.82, 2.24) is 15.2 Å². The predicted molar refractivity (Wildman–Crippen MR) is 58.0 cm³/mol. The van der Waals surface area contributed by atoms with E-state index in [1.165, 1.54) is 7.05 Å². The number of carbonyl (C=O) groups excluding carboxylic acids is 2. The summed E-state index contributed by atoms with van der Waals surface area (Å²) in [5.41, 5.74) is 0.727. The number of aromatic nitrogens is 1. The lowest BCUT2D eigenvalue weighted by atomic mass is 10.2. The van der Waals surface area contributed by atoms with Gasteiger partial charge in [-0.05, 0) is 0 Å². The fraction of sp³-hybridized carbons (Fsp3) is 0.444. The summed E-state index contributed by atoms with van der Waals surface area (Å²) in [6, 6.07) is -0.471. The molecule has 7 heteroatoms. The number of imide groups is 1. The van der Waals surface area contributed by atoms with Gasteiger partial charge in [-0.3, -0.25) is 24.6 Å². The largest absolute Gasteiger partial charge is 0.315 e. The van der Waals surface area contributed by atoms with Crippen LogP contribution in [0.2, 0.25) is 0 Å². The number of likely N-dealkylation sites (N-methyl/N-ethyl adjacent to an activating group) is 1. The highest BCUT2D eigenvalue weighted by Crippen LogP contribution is 2.11. The van der Waals surface area contributed by atoms with Gasteiger partial charge in [0, 0.05) is 24.7 Å². The number of nitrogens with zero attached hydrogens (tertiary/aromatic N) is 1. The SMILES string of the molecule is CN1C(=O)CC(NCc2csc(=O)[nH]2)C1=O. The molecule has 1 unspecified atom stereocenters. The summed E-state index contributed by atoms with van der Waals surface area (Å²) < 4.78 is 0. The summed E-state index contributed by atoms with van der Waals surface area (Å²) in [4.78, 5) is 37.2. The third-order valence-electron chi connectivity index (χ3n) is 2.49. The number of nitrogens with one attached hydrogen (secondary N) is 2. The van der Waals surface area contributed by atoms with Gasteiger partial charge in [0.05, 0.1) is 12.5 Å². The lowest BCUT2D eigenvalue weighted by Gasteiger charge is -2.09. The van der Waals surface area contributed by atoms with Crippen LogP contribution in [0.15, 0.2) is 10.2 Å². The van der Waals surface area contributed by atoms with Crippen molar-refractivity contribution in [1.29, 1.82) is 0 Å². The Morgan fingerprint density at radius 1 is 1.56 bits per heavy atom. The highest BCUT2D eigenvalue weighted by molar-refractivity contribution is 7.07. The van der Waals surface area contributed by atoms with E-state index < -0.39 is 6.04 Å². The van der Waals surface area contributed by atoms with Crippen molar-refractivity contribution in [2.24, 2.45) is 0 Å². The molecular formula is C9H11N3O3S. The molecule has 0 aliphatic carbocycles. The minimum Gasteiger partial charge on any atom is -0.315 e. The standard InChI is InChI=1S/C9H11N3O3S/c1-12-7(13)2-6(8(12)14)10-3-5-4-16-9(15)11-5/h4,6,10H,2-3H2,1H3,(H,11,15). The van der Waals surface area contributed by atoms with Gasteiger partial charge in [0.15, 0.2) is 0 Å². The van der Waals surface area contributed by atoms with E-state index in [1.54, 1.807) is 5.38 Å². The smallest absolute Gasteiger partial charge is 0.304 e. The summed E-state index contributed by atoms with van der Waals surface area (Å²) in [6.45, 7) is 0.385. The second kappa shape index (κ2) is 4.18. The van der Waals surface area contributed by atoms with Gasteiger partial charge in [-0.1, -0.05) is 11.3 Å². The number of aromatic amines is 1. The molecule has 1 aliphatic heterocycles. The average molecular weight is 241 g/mol. The first-order chi connectivity index (χ1) is 7.58. The van der Waals surface area contributed by atoms with Crippen molar-refractivity contribution in [2.75, 3.05) is 7.05 Å². The Labute approximate surface area is 95.3 Å². The first-order valence-corrected chi connectivity index (χ1v) is 5.66. The topological polar surface area (TPSA) is 82.3 Å². The Hall–Kier alpha value is -1.47. The predicted octanol–water partition coefficient (Wildman–Crippen LogP) is -0.717. The summed E-state index contributed by atoms with van der Waals surface area (Å²) in [5, 5.41) is 4.64. The van der Waals surface area contributed by atoms with E-state index in [0.717, 1.165) is 21.9 Å². The molecule has 1 aromatic heterocycles. The minimum absolute atomic E-state index is 0.122. The third kappa shape index (κ3) is 2.05. The van der Waals surface area contributed by atoms with Crippen LogP contribution in [0.4, 0.5) is 0 Å². The Kier molecular flexibility index (Phi) is 2.88. The molecule has 0 radical (unpaired) electrons. The monoisotopic (exact) mass is 241 g/mol. The maximum atomic E-state index is 11.5. The van der Waals surface area contributed by atoms with Crippen molar-refractivity contribution in [3.05, 3.63) is 20.7 Å². The fourth-order valence-electron chi connectivity index (χ4n) is 1.55. The molecule has 2 rings (SSSR count). The number of likely N-dealkylation sites (tertiary alicyclic amines) is 1. The van der Waals surface area contributed by atoms with Crippen molar-refractivity contribution in [2.45, 2.75) is 19.0 Å². The Balaban J connectivity index is 1.94. The van der Waals surface area contributed by atoms with Crippen LogP contribution >= 0.6 is 11.3 Å². The summed E-state index contributed by atoms with van der Waals surface area (Å²) in [6.07, 6.45) is 0.184. The number of rotatable bonds is 3. The summed E-state index contributed by atoms with van der Waals surface area (Å²) in [5.74, 6) is -0.399. The normalized spacial score (nSPS) is 20.8. The zero-order chi connectivity index (χ0) is 11.7. The Bertz CT molecular complexity index is 478. The fourth-order valence-corrected chi connectivity index (χ4v) is 2.13. The molecule has 16 heavy (non-hydrogen) atoms. The van der Waals surface area contributed by atoms with E-state index in [-0.39, 0.29) is 23.1 Å². The van der Waals surface area contributed by atoms with Crippen LogP contribution in [0.1, 0.15) is 12.1 Å². The van der Waals surface area contributed by atoms with Crippen molar-refractivity contribution in [3.63, 3.8) is 0 Å². The molecule has 1 atom stereocenters. The molecule has 0 spiro atoms. The van der Waals surface area contributed by atoms with E-state index >= 15 is 0 Å². The van der Waals surface area contributed by atoms with Crippen LogP contribution in [0.5, 0.6) is 0 Å². The van der Waals surface area contributed by atoms with E-state index in [4.69, 9.17) is 0 Å². The molecular weight excluding hydrogens is 230 g/mol. The second-order valence-corrected chi connectivity index (χ2v) is 4.44. The average Bonchev–Trinajstić information content (AvgIpc) is 2.76. The van der Waals surface area contributed by atoms with Crippen LogP contribution in [0.25, 0.3) is 0 Å². The first kappa shape index (κ1) is 11.0. The highest BCUT2D eigenvalue weighted by Gasteiger charge is 2.35. The second-order valence-electron chi connectivity index (χ2n) is 3.60. The van der Waals surface area contributed by atoms with Crippen LogP contribution in [-0.2, 0) is 16.1 Å². The van der Waals surface area contributed by atoms with Crippen LogP contribution in [-0.4, -0.2) is 34.8 Å². The highest BCUT2D eigenvalue weighted by atomic mass is 32.1. The first-order valence-electron chi connectivity index (χ1n) is 4.78. The number of H-pyrrole nitrogens is 1. The van der Waals surface area contributed by atoms with Gasteiger partial charge >= 0.3 is 4.87 Å². The number of thiazole rings is 1. The van der Waals surface area contributed by atoms with Gasteiger partial charge in [0.1, 0.15) is 0 Å².